The van der Waals surface area contributed by atoms with Gasteiger partial charge in [-0.1, -0.05) is 35.9 Å². The monoisotopic (exact) mass is 309 g/mol. The summed E-state index contributed by atoms with van der Waals surface area (Å²) in [5.41, 5.74) is 4.17. The number of fused-ring (bicyclic) bond motifs is 3. The van der Waals surface area contributed by atoms with Gasteiger partial charge in [0.05, 0.1) is 23.8 Å². The molecule has 4 rings (SSSR count). The first kappa shape index (κ1) is 13.1. The van der Waals surface area contributed by atoms with Gasteiger partial charge in [-0.05, 0) is 24.3 Å². The highest BCUT2D eigenvalue weighted by Crippen LogP contribution is 2.31. The van der Waals surface area contributed by atoms with Gasteiger partial charge in [0, 0.05) is 11.8 Å². The number of nitrogens with zero attached hydrogens (tertiary/aromatic N) is 3. The van der Waals surface area contributed by atoms with Gasteiger partial charge in [-0.15, -0.1) is 0 Å². The number of aromatic nitrogens is 3. The van der Waals surface area contributed by atoms with Crippen LogP contribution in [0.2, 0.25) is 5.15 Å². The molecule has 0 saturated carbocycles. The molecule has 2 aromatic carbocycles. The first-order valence-corrected chi connectivity index (χ1v) is 7.22. The molecule has 0 saturated heterocycles. The van der Waals surface area contributed by atoms with Crippen LogP contribution in [0.4, 0.5) is 0 Å². The number of imidazole rings is 1. The van der Waals surface area contributed by atoms with Gasteiger partial charge in [0.2, 0.25) is 0 Å². The van der Waals surface area contributed by atoms with Crippen molar-refractivity contribution in [2.45, 2.75) is 0 Å². The van der Waals surface area contributed by atoms with Crippen LogP contribution in [0.5, 0.6) is 5.75 Å². The largest absolute Gasteiger partial charge is 0.496 e. The van der Waals surface area contributed by atoms with Crippen LogP contribution in [-0.4, -0.2) is 21.5 Å². The standard InChI is InChI=1S/C17H12ClN3O/c1-22-15-9-5-2-6-11(15)13-10-21-14-8-4-3-7-12(14)19-16(18)17(21)20-13/h2-10H,1H3. The number of rotatable bonds is 2. The van der Waals surface area contributed by atoms with Crippen molar-refractivity contribution in [3.8, 4) is 17.0 Å². The van der Waals surface area contributed by atoms with Crippen LogP contribution >= 0.6 is 11.6 Å². The van der Waals surface area contributed by atoms with Crippen molar-refractivity contribution in [3.05, 3.63) is 59.9 Å². The van der Waals surface area contributed by atoms with Crippen molar-refractivity contribution in [2.75, 3.05) is 7.11 Å². The van der Waals surface area contributed by atoms with E-state index in [-0.39, 0.29) is 0 Å². The molecule has 2 aromatic heterocycles. The van der Waals surface area contributed by atoms with E-state index in [0.717, 1.165) is 28.0 Å². The number of benzene rings is 2. The molecule has 4 nitrogen and oxygen atoms in total. The van der Waals surface area contributed by atoms with Gasteiger partial charge in [-0.25, -0.2) is 9.97 Å². The molecule has 0 unspecified atom stereocenters. The lowest BCUT2D eigenvalue weighted by molar-refractivity contribution is 0.416. The van der Waals surface area contributed by atoms with Crippen LogP contribution in [0.3, 0.4) is 0 Å². The zero-order chi connectivity index (χ0) is 15.1. The molecule has 0 aliphatic rings. The Morgan fingerprint density at radius 2 is 1.77 bits per heavy atom. The molecular formula is C17H12ClN3O. The van der Waals surface area contributed by atoms with Crippen LogP contribution in [0.15, 0.2) is 54.7 Å². The lowest BCUT2D eigenvalue weighted by atomic mass is 10.1. The molecule has 0 fully saturated rings. The maximum absolute atomic E-state index is 6.28. The summed E-state index contributed by atoms with van der Waals surface area (Å²) in [4.78, 5) is 9.03. The maximum Gasteiger partial charge on any atom is 0.175 e. The quantitative estimate of drug-likeness (QED) is 0.557. The lowest BCUT2D eigenvalue weighted by Gasteiger charge is -2.04. The van der Waals surface area contributed by atoms with E-state index < -0.39 is 0 Å². The number of halogens is 1. The molecule has 0 atom stereocenters. The summed E-state index contributed by atoms with van der Waals surface area (Å²) in [6.45, 7) is 0. The van der Waals surface area contributed by atoms with Crippen molar-refractivity contribution in [1.29, 1.82) is 0 Å². The molecule has 0 radical (unpaired) electrons. The number of ether oxygens (including phenoxy) is 1. The van der Waals surface area contributed by atoms with E-state index in [1.807, 2.05) is 59.1 Å². The van der Waals surface area contributed by atoms with E-state index >= 15 is 0 Å². The Hall–Kier alpha value is -2.59. The van der Waals surface area contributed by atoms with Gasteiger partial charge in [0.25, 0.3) is 0 Å². The molecule has 5 heteroatoms. The summed E-state index contributed by atoms with van der Waals surface area (Å²) in [5.74, 6) is 0.777. The molecule has 0 amide bonds. The van der Waals surface area contributed by atoms with E-state index in [1.54, 1.807) is 7.11 Å². The molecule has 4 aromatic rings. The van der Waals surface area contributed by atoms with Gasteiger partial charge in [0.15, 0.2) is 10.8 Å². The van der Waals surface area contributed by atoms with Gasteiger partial charge in [-0.2, -0.15) is 0 Å². The van der Waals surface area contributed by atoms with Crippen LogP contribution in [0, 0.1) is 0 Å². The fourth-order valence-electron chi connectivity index (χ4n) is 2.61. The lowest BCUT2D eigenvalue weighted by Crippen LogP contribution is -1.91. The van der Waals surface area contributed by atoms with E-state index in [1.165, 1.54) is 0 Å². The highest BCUT2D eigenvalue weighted by molar-refractivity contribution is 6.32. The minimum absolute atomic E-state index is 0.389. The third-order valence-electron chi connectivity index (χ3n) is 3.63. The molecule has 0 spiro atoms. The molecule has 22 heavy (non-hydrogen) atoms. The second kappa shape index (κ2) is 5.00. The van der Waals surface area contributed by atoms with Crippen LogP contribution in [-0.2, 0) is 0 Å². The molecule has 108 valence electrons. The minimum atomic E-state index is 0.389. The second-order valence-corrected chi connectivity index (χ2v) is 5.27. The summed E-state index contributed by atoms with van der Waals surface area (Å²) in [7, 11) is 1.65. The van der Waals surface area contributed by atoms with Gasteiger partial charge >= 0.3 is 0 Å². The van der Waals surface area contributed by atoms with E-state index in [0.29, 0.717) is 10.8 Å². The number of hydrogen-bond acceptors (Lipinski definition) is 3. The van der Waals surface area contributed by atoms with Gasteiger partial charge in [0.1, 0.15) is 5.75 Å². The molecule has 0 N–H and O–H groups in total. The van der Waals surface area contributed by atoms with Crippen molar-refractivity contribution in [2.24, 2.45) is 0 Å². The third-order valence-corrected chi connectivity index (χ3v) is 3.89. The van der Waals surface area contributed by atoms with Crippen LogP contribution < -0.4 is 4.74 Å². The topological polar surface area (TPSA) is 39.4 Å². The zero-order valence-corrected chi connectivity index (χ0v) is 12.6. The fourth-order valence-corrected chi connectivity index (χ4v) is 2.84. The number of para-hydroxylation sites is 3. The third kappa shape index (κ3) is 1.92. The van der Waals surface area contributed by atoms with Crippen LogP contribution in [0.25, 0.3) is 27.9 Å². The first-order valence-electron chi connectivity index (χ1n) is 6.84. The average Bonchev–Trinajstić information content (AvgIpc) is 3.01. The number of hydrogen-bond donors (Lipinski definition) is 0. The summed E-state index contributed by atoms with van der Waals surface area (Å²) in [6, 6.07) is 15.6. The summed E-state index contributed by atoms with van der Waals surface area (Å²) in [5, 5.41) is 0.389. The molecule has 0 bridgehead atoms. The van der Waals surface area contributed by atoms with Crippen molar-refractivity contribution in [1.82, 2.24) is 14.4 Å². The Kier molecular flexibility index (Phi) is 2.98. The molecule has 2 heterocycles. The Morgan fingerprint density at radius 1 is 1.00 bits per heavy atom. The SMILES string of the molecule is COc1ccccc1-c1cn2c(n1)c(Cl)nc1ccccc12. The maximum atomic E-state index is 6.28. The molecule has 0 aliphatic heterocycles. The summed E-state index contributed by atoms with van der Waals surface area (Å²) >= 11 is 6.28. The minimum Gasteiger partial charge on any atom is -0.496 e. The Bertz CT molecular complexity index is 994. The Morgan fingerprint density at radius 3 is 2.64 bits per heavy atom. The van der Waals surface area contributed by atoms with Gasteiger partial charge in [-0.3, -0.25) is 4.40 Å². The summed E-state index contributed by atoms with van der Waals surface area (Å²) in [6.07, 6.45) is 1.96. The van der Waals surface area contributed by atoms with Gasteiger partial charge < -0.3 is 4.74 Å². The summed E-state index contributed by atoms with van der Waals surface area (Å²) < 4.78 is 7.38. The fraction of sp³-hybridized carbons (Fsp3) is 0.0588. The zero-order valence-electron chi connectivity index (χ0n) is 11.8. The smallest absolute Gasteiger partial charge is 0.175 e. The highest BCUT2D eigenvalue weighted by Gasteiger charge is 2.13. The van der Waals surface area contributed by atoms with E-state index in [4.69, 9.17) is 16.3 Å². The number of methoxy groups -OCH3 is 1. The Labute approximate surface area is 132 Å². The highest BCUT2D eigenvalue weighted by atomic mass is 35.5. The van der Waals surface area contributed by atoms with Crippen LogP contribution in [0.1, 0.15) is 0 Å². The normalized spacial score (nSPS) is 11.2. The molecular weight excluding hydrogens is 298 g/mol. The van der Waals surface area contributed by atoms with Crippen molar-refractivity contribution in [3.63, 3.8) is 0 Å². The predicted octanol–water partition coefficient (Wildman–Crippen LogP) is 4.21. The van der Waals surface area contributed by atoms with E-state index in [2.05, 4.69) is 9.97 Å². The van der Waals surface area contributed by atoms with Crippen molar-refractivity contribution < 1.29 is 4.74 Å². The first-order chi connectivity index (χ1) is 10.8. The van der Waals surface area contributed by atoms with Crippen molar-refractivity contribution >= 4 is 28.3 Å². The average molecular weight is 310 g/mol. The second-order valence-electron chi connectivity index (χ2n) is 4.91. The Balaban J connectivity index is 2.05. The van der Waals surface area contributed by atoms with E-state index in [9.17, 15) is 0 Å². The predicted molar refractivity (Wildman–Crippen MR) is 87.5 cm³/mol. The molecule has 0 aliphatic carbocycles.